The highest BCUT2D eigenvalue weighted by Gasteiger charge is 2.34. The minimum Gasteiger partial charge on any atom is -0.488 e. The highest BCUT2D eigenvalue weighted by atomic mass is 19.4. The Hall–Kier alpha value is -3.03. The van der Waals surface area contributed by atoms with Gasteiger partial charge in [0.1, 0.15) is 12.4 Å². The number of aliphatic hydroxyl groups excluding tert-OH is 1. The summed E-state index contributed by atoms with van der Waals surface area (Å²) in [5, 5.41) is 13.2. The van der Waals surface area contributed by atoms with Crippen LogP contribution in [0.5, 0.6) is 5.75 Å². The van der Waals surface area contributed by atoms with Gasteiger partial charge < -0.3 is 19.6 Å². The van der Waals surface area contributed by atoms with E-state index >= 15 is 0 Å². The molecular formula is C24H22F3NO3. The van der Waals surface area contributed by atoms with E-state index in [1.54, 1.807) is 12.3 Å². The lowest BCUT2D eigenvalue weighted by Gasteiger charge is -2.21. The summed E-state index contributed by atoms with van der Waals surface area (Å²) in [7, 11) is 0. The van der Waals surface area contributed by atoms with Gasteiger partial charge in [0, 0.05) is 12.1 Å². The number of ether oxygens (including phenoxy) is 1. The van der Waals surface area contributed by atoms with Crippen LogP contribution in [0, 0.1) is 0 Å². The van der Waals surface area contributed by atoms with Crippen molar-refractivity contribution in [3.05, 3.63) is 83.3 Å². The van der Waals surface area contributed by atoms with Crippen LogP contribution in [0.4, 0.5) is 13.2 Å². The molecule has 0 saturated heterocycles. The van der Waals surface area contributed by atoms with Gasteiger partial charge in [-0.1, -0.05) is 18.2 Å². The van der Waals surface area contributed by atoms with Crippen molar-refractivity contribution in [2.24, 2.45) is 0 Å². The second-order valence-corrected chi connectivity index (χ2v) is 7.30. The van der Waals surface area contributed by atoms with Crippen molar-refractivity contribution >= 4 is 5.57 Å². The highest BCUT2D eigenvalue weighted by molar-refractivity contribution is 5.76. The molecule has 2 heterocycles. The second-order valence-electron chi connectivity index (χ2n) is 7.30. The number of aliphatic hydroxyl groups is 1. The highest BCUT2D eigenvalue weighted by Crippen LogP contribution is 2.37. The van der Waals surface area contributed by atoms with E-state index in [1.165, 1.54) is 24.5 Å². The minimum atomic E-state index is -4.50. The molecule has 0 radical (unpaired) electrons. The predicted molar refractivity (Wildman–Crippen MR) is 111 cm³/mol. The molecule has 31 heavy (non-hydrogen) atoms. The van der Waals surface area contributed by atoms with Crippen molar-refractivity contribution in [3.8, 4) is 16.9 Å². The van der Waals surface area contributed by atoms with Crippen LogP contribution in [0.15, 0.2) is 65.5 Å². The van der Waals surface area contributed by atoms with Gasteiger partial charge in [0.05, 0.1) is 24.7 Å². The molecule has 3 aromatic rings. The van der Waals surface area contributed by atoms with Gasteiger partial charge in [-0.25, -0.2) is 0 Å². The molecule has 0 unspecified atom stereocenters. The van der Waals surface area contributed by atoms with E-state index in [-0.39, 0.29) is 19.0 Å². The number of para-hydroxylation sites is 1. The fraction of sp³-hybridized carbons (Fsp3) is 0.250. The zero-order valence-electron chi connectivity index (χ0n) is 16.7. The second kappa shape index (κ2) is 8.99. The minimum absolute atomic E-state index is 0.0379. The van der Waals surface area contributed by atoms with Crippen molar-refractivity contribution in [2.45, 2.75) is 25.8 Å². The molecule has 4 rings (SSSR count). The van der Waals surface area contributed by atoms with E-state index in [9.17, 15) is 18.3 Å². The van der Waals surface area contributed by atoms with Gasteiger partial charge in [-0.2, -0.15) is 13.2 Å². The average molecular weight is 429 g/mol. The zero-order chi connectivity index (χ0) is 21.8. The van der Waals surface area contributed by atoms with Gasteiger partial charge in [-0.05, 0) is 71.1 Å². The van der Waals surface area contributed by atoms with Gasteiger partial charge in [0.2, 0.25) is 0 Å². The summed E-state index contributed by atoms with van der Waals surface area (Å²) in [5.41, 5.74) is 4.16. The van der Waals surface area contributed by atoms with Gasteiger partial charge in [-0.15, -0.1) is 0 Å². The van der Waals surface area contributed by atoms with Crippen LogP contribution in [0.2, 0.25) is 0 Å². The molecule has 1 aliphatic rings. The average Bonchev–Trinajstić information content (AvgIpc) is 3.32. The molecule has 0 atom stereocenters. The first kappa shape index (κ1) is 21.2. The molecule has 0 bridgehead atoms. The molecule has 4 nitrogen and oxygen atoms in total. The first-order valence-corrected chi connectivity index (χ1v) is 9.95. The Morgan fingerprint density at radius 3 is 2.55 bits per heavy atom. The summed E-state index contributed by atoms with van der Waals surface area (Å²) in [6, 6.07) is 10.7. The topological polar surface area (TPSA) is 54.6 Å². The summed E-state index contributed by atoms with van der Waals surface area (Å²) in [6.07, 6.45) is 1.45. The lowest BCUT2D eigenvalue weighted by molar-refractivity contribution is -0.139. The van der Waals surface area contributed by atoms with E-state index in [4.69, 9.17) is 9.15 Å². The number of halogens is 3. The van der Waals surface area contributed by atoms with Gasteiger partial charge >= 0.3 is 6.18 Å². The number of nitrogens with one attached hydrogen (secondary N) is 1. The SMILES string of the molecule is OCc1cc(C2=CCNCC2)c(COc2ccccc2C(F)(F)F)cc1-c1ccoc1. The number of hydrogen-bond acceptors (Lipinski definition) is 4. The molecule has 7 heteroatoms. The van der Waals surface area contributed by atoms with Crippen molar-refractivity contribution in [3.63, 3.8) is 0 Å². The van der Waals surface area contributed by atoms with E-state index in [0.717, 1.165) is 52.4 Å². The molecule has 1 aliphatic heterocycles. The monoisotopic (exact) mass is 429 g/mol. The Kier molecular flexibility index (Phi) is 6.15. The first-order valence-electron chi connectivity index (χ1n) is 9.95. The van der Waals surface area contributed by atoms with Gasteiger partial charge in [0.15, 0.2) is 0 Å². The van der Waals surface area contributed by atoms with Gasteiger partial charge in [-0.3, -0.25) is 0 Å². The maximum absolute atomic E-state index is 13.4. The van der Waals surface area contributed by atoms with Crippen molar-refractivity contribution in [1.82, 2.24) is 5.32 Å². The lowest BCUT2D eigenvalue weighted by Crippen LogP contribution is -2.20. The van der Waals surface area contributed by atoms with E-state index in [2.05, 4.69) is 11.4 Å². The molecule has 0 fully saturated rings. The molecule has 0 spiro atoms. The Bertz CT molecular complexity index is 1070. The van der Waals surface area contributed by atoms with E-state index in [0.29, 0.717) is 6.54 Å². The zero-order valence-corrected chi connectivity index (χ0v) is 16.7. The maximum Gasteiger partial charge on any atom is 0.419 e. The Morgan fingerprint density at radius 1 is 1.06 bits per heavy atom. The van der Waals surface area contributed by atoms with Crippen LogP contribution < -0.4 is 10.1 Å². The number of hydrogen-bond donors (Lipinski definition) is 2. The predicted octanol–water partition coefficient (Wildman–Crippen LogP) is 5.41. The molecule has 2 N–H and O–H groups in total. The van der Waals surface area contributed by atoms with Crippen LogP contribution in [0.25, 0.3) is 16.7 Å². The lowest BCUT2D eigenvalue weighted by atomic mass is 9.90. The Balaban J connectivity index is 1.75. The van der Waals surface area contributed by atoms with Crippen LogP contribution in [0.3, 0.4) is 0 Å². The molecule has 2 aromatic carbocycles. The summed E-state index contributed by atoms with van der Waals surface area (Å²) in [5.74, 6) is -0.212. The summed E-state index contributed by atoms with van der Waals surface area (Å²) < 4.78 is 50.9. The van der Waals surface area contributed by atoms with Crippen LogP contribution in [-0.2, 0) is 19.4 Å². The van der Waals surface area contributed by atoms with Crippen molar-refractivity contribution < 1.29 is 27.4 Å². The molecular weight excluding hydrogens is 407 g/mol. The molecule has 162 valence electrons. The number of furan rings is 1. The van der Waals surface area contributed by atoms with E-state index < -0.39 is 11.7 Å². The molecule has 1 aromatic heterocycles. The third-order valence-electron chi connectivity index (χ3n) is 5.32. The van der Waals surface area contributed by atoms with Crippen molar-refractivity contribution in [2.75, 3.05) is 13.1 Å². The van der Waals surface area contributed by atoms with E-state index in [1.807, 2.05) is 12.1 Å². The number of rotatable bonds is 6. The normalized spacial score (nSPS) is 14.4. The van der Waals surface area contributed by atoms with Crippen LogP contribution in [-0.4, -0.2) is 18.2 Å². The Morgan fingerprint density at radius 2 is 1.87 bits per heavy atom. The Labute approximate surface area is 178 Å². The van der Waals surface area contributed by atoms with Crippen LogP contribution in [0.1, 0.15) is 28.7 Å². The van der Waals surface area contributed by atoms with Crippen molar-refractivity contribution in [1.29, 1.82) is 0 Å². The largest absolute Gasteiger partial charge is 0.488 e. The van der Waals surface area contributed by atoms with Gasteiger partial charge in [0.25, 0.3) is 0 Å². The summed E-state index contributed by atoms with van der Waals surface area (Å²) in [6.45, 7) is 1.31. The summed E-state index contributed by atoms with van der Waals surface area (Å²) in [4.78, 5) is 0. The standard InChI is InChI=1S/C24H22F3NO3/c25-24(26,27)22-3-1-2-4-23(22)31-15-19-12-21(17-7-10-30-14-17)18(13-29)11-20(19)16-5-8-28-9-6-16/h1-5,7,10-12,14,28-29H,6,8-9,13,15H2. The number of benzene rings is 2. The number of alkyl halides is 3. The maximum atomic E-state index is 13.4. The fourth-order valence-electron chi connectivity index (χ4n) is 3.77. The summed E-state index contributed by atoms with van der Waals surface area (Å²) >= 11 is 0. The third kappa shape index (κ3) is 4.68. The smallest absolute Gasteiger partial charge is 0.419 e. The molecule has 0 aliphatic carbocycles. The third-order valence-corrected chi connectivity index (χ3v) is 5.32. The first-order chi connectivity index (χ1) is 15.0. The van der Waals surface area contributed by atoms with Crippen LogP contribution >= 0.6 is 0 Å². The molecule has 0 saturated carbocycles. The molecule has 0 amide bonds. The quantitative estimate of drug-likeness (QED) is 0.550. The fourth-order valence-corrected chi connectivity index (χ4v) is 3.77.